The van der Waals surface area contributed by atoms with Crippen LogP contribution in [0.3, 0.4) is 0 Å². The molecule has 0 aromatic carbocycles. The van der Waals surface area contributed by atoms with Gasteiger partial charge in [0.2, 0.25) is 5.88 Å². The van der Waals surface area contributed by atoms with Gasteiger partial charge in [-0.25, -0.2) is 4.98 Å². The maximum atomic E-state index is 12.1. The van der Waals surface area contributed by atoms with Crippen LogP contribution in [0.1, 0.15) is 29.4 Å². The van der Waals surface area contributed by atoms with E-state index in [1.54, 1.807) is 31.3 Å². The number of hydrogen-bond acceptors (Lipinski definition) is 5. The normalized spacial score (nSPS) is 10.2. The van der Waals surface area contributed by atoms with Gasteiger partial charge in [-0.05, 0) is 25.5 Å². The molecule has 0 saturated heterocycles. The van der Waals surface area contributed by atoms with E-state index in [2.05, 4.69) is 20.8 Å². The van der Waals surface area contributed by atoms with E-state index < -0.39 is 0 Å². The van der Waals surface area contributed by atoms with Crippen LogP contribution in [0.15, 0.2) is 28.9 Å². The third-order valence-electron chi connectivity index (χ3n) is 2.46. The largest absolute Gasteiger partial charge is 0.369 e. The summed E-state index contributed by atoms with van der Waals surface area (Å²) in [7, 11) is 0. The highest BCUT2D eigenvalue weighted by molar-refractivity contribution is 6.06. The number of amides is 1. The molecule has 2 aromatic heterocycles. The highest BCUT2D eigenvalue weighted by atomic mass is 16.5. The van der Waals surface area contributed by atoms with Crippen LogP contribution in [0, 0.1) is 6.92 Å². The summed E-state index contributed by atoms with van der Waals surface area (Å²) in [5.74, 6) is 0.619. The van der Waals surface area contributed by atoms with E-state index in [-0.39, 0.29) is 5.91 Å². The van der Waals surface area contributed by atoms with E-state index in [0.29, 0.717) is 23.0 Å². The molecule has 6 nitrogen and oxygen atoms in total. The van der Waals surface area contributed by atoms with Gasteiger partial charge >= 0.3 is 0 Å². The number of carbonyl (C=O) groups excluding carboxylic acids is 1. The number of nitrogens with one attached hydrogen (secondary N) is 2. The molecule has 0 spiro atoms. The average Bonchev–Trinajstić information content (AvgIpc) is 2.82. The SMILES string of the molecule is CCCNc1ncccc1C(=O)Nc1cc(C)no1. The van der Waals surface area contributed by atoms with Crippen molar-refractivity contribution in [3.63, 3.8) is 0 Å². The van der Waals surface area contributed by atoms with Crippen molar-refractivity contribution in [3.05, 3.63) is 35.7 Å². The molecular weight excluding hydrogens is 244 g/mol. The molecule has 0 fully saturated rings. The molecule has 0 bridgehead atoms. The van der Waals surface area contributed by atoms with Crippen LogP contribution >= 0.6 is 0 Å². The molecule has 0 radical (unpaired) electrons. The fourth-order valence-electron chi connectivity index (χ4n) is 1.57. The first-order valence-electron chi connectivity index (χ1n) is 6.14. The monoisotopic (exact) mass is 260 g/mol. The number of aromatic nitrogens is 2. The van der Waals surface area contributed by atoms with E-state index in [9.17, 15) is 4.79 Å². The van der Waals surface area contributed by atoms with Crippen molar-refractivity contribution < 1.29 is 9.32 Å². The Bertz CT molecular complexity index is 565. The Morgan fingerprint density at radius 1 is 1.47 bits per heavy atom. The molecule has 0 aliphatic carbocycles. The van der Waals surface area contributed by atoms with Gasteiger partial charge in [0.25, 0.3) is 5.91 Å². The Labute approximate surface area is 111 Å². The Kier molecular flexibility index (Phi) is 4.12. The van der Waals surface area contributed by atoms with Crippen LogP contribution in [0.25, 0.3) is 0 Å². The number of hydrogen-bond donors (Lipinski definition) is 2. The summed E-state index contributed by atoms with van der Waals surface area (Å²) in [5.41, 5.74) is 1.19. The topological polar surface area (TPSA) is 80.0 Å². The van der Waals surface area contributed by atoms with Crippen LogP contribution in [0.2, 0.25) is 0 Å². The second kappa shape index (κ2) is 5.99. The summed E-state index contributed by atoms with van der Waals surface area (Å²) in [6, 6.07) is 5.09. The Balaban J connectivity index is 2.14. The molecule has 100 valence electrons. The first-order chi connectivity index (χ1) is 9.20. The first kappa shape index (κ1) is 13.1. The standard InChI is InChI=1S/C13H16N4O2/c1-3-6-14-12-10(5-4-7-15-12)13(18)16-11-8-9(2)17-19-11/h4-5,7-8H,3,6H2,1-2H3,(H,14,15)(H,16,18). The minimum absolute atomic E-state index is 0.275. The van der Waals surface area contributed by atoms with E-state index in [4.69, 9.17) is 4.52 Å². The maximum absolute atomic E-state index is 12.1. The van der Waals surface area contributed by atoms with Crippen LogP contribution in [0.4, 0.5) is 11.7 Å². The number of aryl methyl sites for hydroxylation is 1. The van der Waals surface area contributed by atoms with Gasteiger partial charge < -0.3 is 9.84 Å². The maximum Gasteiger partial charge on any atom is 0.261 e. The Morgan fingerprint density at radius 3 is 3.00 bits per heavy atom. The fourth-order valence-corrected chi connectivity index (χ4v) is 1.57. The third-order valence-corrected chi connectivity index (χ3v) is 2.46. The Morgan fingerprint density at radius 2 is 2.32 bits per heavy atom. The molecule has 19 heavy (non-hydrogen) atoms. The van der Waals surface area contributed by atoms with Crippen molar-refractivity contribution in [1.82, 2.24) is 10.1 Å². The second-order valence-corrected chi connectivity index (χ2v) is 4.11. The van der Waals surface area contributed by atoms with Crippen molar-refractivity contribution >= 4 is 17.6 Å². The summed E-state index contributed by atoms with van der Waals surface area (Å²) in [4.78, 5) is 16.3. The Hall–Kier alpha value is -2.37. The fraction of sp³-hybridized carbons (Fsp3) is 0.308. The molecule has 0 aliphatic heterocycles. The van der Waals surface area contributed by atoms with Gasteiger partial charge in [-0.2, -0.15) is 0 Å². The van der Waals surface area contributed by atoms with Crippen LogP contribution < -0.4 is 10.6 Å². The minimum Gasteiger partial charge on any atom is -0.369 e. The molecule has 0 aliphatic rings. The van der Waals surface area contributed by atoms with Gasteiger partial charge in [0, 0.05) is 18.8 Å². The van der Waals surface area contributed by atoms with Gasteiger partial charge in [-0.3, -0.25) is 10.1 Å². The van der Waals surface area contributed by atoms with E-state index in [1.807, 2.05) is 6.92 Å². The lowest BCUT2D eigenvalue weighted by Gasteiger charge is -2.08. The van der Waals surface area contributed by atoms with Gasteiger partial charge in [-0.1, -0.05) is 12.1 Å². The zero-order valence-electron chi connectivity index (χ0n) is 10.9. The second-order valence-electron chi connectivity index (χ2n) is 4.11. The molecule has 2 heterocycles. The molecule has 2 aromatic rings. The highest BCUT2D eigenvalue weighted by Gasteiger charge is 2.13. The quantitative estimate of drug-likeness (QED) is 0.863. The van der Waals surface area contributed by atoms with Crippen LogP contribution in [0.5, 0.6) is 0 Å². The number of rotatable bonds is 5. The molecule has 0 saturated carbocycles. The van der Waals surface area contributed by atoms with E-state index >= 15 is 0 Å². The van der Waals surface area contributed by atoms with Crippen molar-refractivity contribution in [2.75, 3.05) is 17.2 Å². The van der Waals surface area contributed by atoms with Gasteiger partial charge in [-0.15, -0.1) is 0 Å². The number of nitrogens with zero attached hydrogens (tertiary/aromatic N) is 2. The molecular formula is C13H16N4O2. The molecule has 2 N–H and O–H groups in total. The van der Waals surface area contributed by atoms with Crippen LogP contribution in [-0.2, 0) is 0 Å². The summed E-state index contributed by atoms with van der Waals surface area (Å²) < 4.78 is 4.95. The summed E-state index contributed by atoms with van der Waals surface area (Å²) in [6.45, 7) is 4.60. The van der Waals surface area contributed by atoms with Crippen molar-refractivity contribution in [1.29, 1.82) is 0 Å². The lowest BCUT2D eigenvalue weighted by molar-refractivity contribution is 0.102. The third kappa shape index (κ3) is 3.31. The smallest absolute Gasteiger partial charge is 0.261 e. The van der Waals surface area contributed by atoms with Gasteiger partial charge in [0.05, 0.1) is 11.3 Å². The lowest BCUT2D eigenvalue weighted by atomic mass is 10.2. The molecule has 0 atom stereocenters. The number of pyridine rings is 1. The lowest BCUT2D eigenvalue weighted by Crippen LogP contribution is -2.15. The molecule has 6 heteroatoms. The first-order valence-corrected chi connectivity index (χ1v) is 6.14. The summed E-state index contributed by atoms with van der Waals surface area (Å²) >= 11 is 0. The molecule has 0 unspecified atom stereocenters. The number of carbonyl (C=O) groups is 1. The minimum atomic E-state index is -0.275. The van der Waals surface area contributed by atoms with Gasteiger partial charge in [0.1, 0.15) is 5.82 Å². The predicted molar refractivity (Wildman–Crippen MR) is 72.2 cm³/mol. The predicted octanol–water partition coefficient (Wildman–Crippen LogP) is 2.45. The van der Waals surface area contributed by atoms with Crippen molar-refractivity contribution in [3.8, 4) is 0 Å². The molecule has 2 rings (SSSR count). The van der Waals surface area contributed by atoms with E-state index in [1.165, 1.54) is 0 Å². The van der Waals surface area contributed by atoms with E-state index in [0.717, 1.165) is 13.0 Å². The summed E-state index contributed by atoms with van der Waals surface area (Å²) in [6.07, 6.45) is 2.60. The van der Waals surface area contributed by atoms with Crippen LogP contribution in [-0.4, -0.2) is 22.6 Å². The van der Waals surface area contributed by atoms with Gasteiger partial charge in [0.15, 0.2) is 0 Å². The van der Waals surface area contributed by atoms with Crippen molar-refractivity contribution in [2.24, 2.45) is 0 Å². The van der Waals surface area contributed by atoms with Crippen molar-refractivity contribution in [2.45, 2.75) is 20.3 Å². The zero-order valence-corrected chi connectivity index (χ0v) is 10.9. The highest BCUT2D eigenvalue weighted by Crippen LogP contribution is 2.15. The average molecular weight is 260 g/mol. The number of anilines is 2. The zero-order chi connectivity index (χ0) is 13.7. The summed E-state index contributed by atoms with van der Waals surface area (Å²) in [5, 5.41) is 9.48. The molecule has 1 amide bonds.